The molecule has 2 N–H and O–H groups in total. The molecule has 1 heterocycles. The molecule has 0 saturated carbocycles. The standard InChI is InChI=1S/C13H17N3O/c1-4-9-5-10(7-11(6-9)17-3)12-8-13(14)16(2)15-12/h5-8H,4,14H2,1-3H3. The monoisotopic (exact) mass is 231 g/mol. The minimum Gasteiger partial charge on any atom is -0.497 e. The van der Waals surface area contributed by atoms with Gasteiger partial charge in [-0.2, -0.15) is 5.10 Å². The fourth-order valence-electron chi connectivity index (χ4n) is 1.75. The van der Waals surface area contributed by atoms with Crippen LogP contribution in [0.15, 0.2) is 24.3 Å². The van der Waals surface area contributed by atoms with Crippen LogP contribution >= 0.6 is 0 Å². The molecule has 4 heteroatoms. The second-order valence-corrected chi connectivity index (χ2v) is 4.00. The molecule has 0 saturated heterocycles. The number of ether oxygens (including phenoxy) is 1. The van der Waals surface area contributed by atoms with Crippen molar-refractivity contribution in [2.75, 3.05) is 12.8 Å². The van der Waals surface area contributed by atoms with Gasteiger partial charge in [0, 0.05) is 18.7 Å². The number of nitrogen functional groups attached to an aromatic ring is 1. The van der Waals surface area contributed by atoms with Gasteiger partial charge in [-0.05, 0) is 30.2 Å². The van der Waals surface area contributed by atoms with Crippen molar-refractivity contribution in [3.8, 4) is 17.0 Å². The van der Waals surface area contributed by atoms with Crippen molar-refractivity contribution in [2.45, 2.75) is 13.3 Å². The van der Waals surface area contributed by atoms with Gasteiger partial charge in [-0.25, -0.2) is 0 Å². The molecule has 0 aliphatic carbocycles. The summed E-state index contributed by atoms with van der Waals surface area (Å²) < 4.78 is 6.96. The lowest BCUT2D eigenvalue weighted by Gasteiger charge is -2.06. The van der Waals surface area contributed by atoms with E-state index in [2.05, 4.69) is 18.1 Å². The minimum absolute atomic E-state index is 0.654. The number of nitrogens with two attached hydrogens (primary N) is 1. The van der Waals surface area contributed by atoms with Crippen LogP contribution < -0.4 is 10.5 Å². The number of benzene rings is 1. The fourth-order valence-corrected chi connectivity index (χ4v) is 1.75. The molecule has 0 radical (unpaired) electrons. The molecule has 90 valence electrons. The highest BCUT2D eigenvalue weighted by atomic mass is 16.5. The maximum atomic E-state index is 5.79. The van der Waals surface area contributed by atoms with E-state index < -0.39 is 0 Å². The third kappa shape index (κ3) is 2.25. The van der Waals surface area contributed by atoms with Crippen LogP contribution in [0, 0.1) is 0 Å². The van der Waals surface area contributed by atoms with Gasteiger partial charge >= 0.3 is 0 Å². The van der Waals surface area contributed by atoms with E-state index in [1.54, 1.807) is 11.8 Å². The smallest absolute Gasteiger partial charge is 0.121 e. The average Bonchev–Trinajstić information content (AvgIpc) is 2.69. The predicted octanol–water partition coefficient (Wildman–Crippen LogP) is 2.24. The molecule has 0 unspecified atom stereocenters. The van der Waals surface area contributed by atoms with Crippen molar-refractivity contribution < 1.29 is 4.74 Å². The van der Waals surface area contributed by atoms with Gasteiger partial charge in [0.2, 0.25) is 0 Å². The van der Waals surface area contributed by atoms with Gasteiger partial charge in [-0.1, -0.05) is 6.92 Å². The second kappa shape index (κ2) is 4.49. The Balaban J connectivity index is 2.50. The first-order chi connectivity index (χ1) is 8.13. The second-order valence-electron chi connectivity index (χ2n) is 4.00. The van der Waals surface area contributed by atoms with Crippen LogP contribution in [0.2, 0.25) is 0 Å². The summed E-state index contributed by atoms with van der Waals surface area (Å²) in [5.74, 6) is 1.50. The predicted molar refractivity (Wildman–Crippen MR) is 69.0 cm³/mol. The summed E-state index contributed by atoms with van der Waals surface area (Å²) in [5.41, 5.74) is 8.92. The topological polar surface area (TPSA) is 53.1 Å². The number of anilines is 1. The van der Waals surface area contributed by atoms with Crippen LogP contribution in [0.25, 0.3) is 11.3 Å². The summed E-state index contributed by atoms with van der Waals surface area (Å²) >= 11 is 0. The zero-order valence-electron chi connectivity index (χ0n) is 10.4. The van der Waals surface area contributed by atoms with E-state index in [-0.39, 0.29) is 0 Å². The van der Waals surface area contributed by atoms with Crippen LogP contribution in [-0.4, -0.2) is 16.9 Å². The molecule has 0 fully saturated rings. The van der Waals surface area contributed by atoms with Crippen molar-refractivity contribution >= 4 is 5.82 Å². The Kier molecular flexibility index (Phi) is 3.04. The molecule has 17 heavy (non-hydrogen) atoms. The van der Waals surface area contributed by atoms with Crippen molar-refractivity contribution in [1.82, 2.24) is 9.78 Å². The normalized spacial score (nSPS) is 10.5. The van der Waals surface area contributed by atoms with Gasteiger partial charge in [0.1, 0.15) is 11.6 Å². The minimum atomic E-state index is 0.654. The molecule has 1 aromatic carbocycles. The Morgan fingerprint density at radius 3 is 2.59 bits per heavy atom. The van der Waals surface area contributed by atoms with Crippen LogP contribution in [0.1, 0.15) is 12.5 Å². The van der Waals surface area contributed by atoms with Crippen molar-refractivity contribution in [3.05, 3.63) is 29.8 Å². The van der Waals surface area contributed by atoms with Gasteiger partial charge in [0.25, 0.3) is 0 Å². The molecule has 0 amide bonds. The lowest BCUT2D eigenvalue weighted by Crippen LogP contribution is -1.96. The zero-order chi connectivity index (χ0) is 12.4. The van der Waals surface area contributed by atoms with Crippen molar-refractivity contribution in [2.24, 2.45) is 7.05 Å². The Morgan fingerprint density at radius 1 is 1.29 bits per heavy atom. The summed E-state index contributed by atoms with van der Waals surface area (Å²) in [7, 11) is 3.51. The summed E-state index contributed by atoms with van der Waals surface area (Å²) in [5, 5.41) is 4.37. The molecular weight excluding hydrogens is 214 g/mol. The van der Waals surface area contributed by atoms with E-state index in [0.717, 1.165) is 23.4 Å². The van der Waals surface area contributed by atoms with E-state index in [1.165, 1.54) is 5.56 Å². The first kappa shape index (κ1) is 11.5. The van der Waals surface area contributed by atoms with E-state index in [0.29, 0.717) is 5.82 Å². The molecule has 0 spiro atoms. The number of hydrogen-bond acceptors (Lipinski definition) is 3. The van der Waals surface area contributed by atoms with Gasteiger partial charge < -0.3 is 10.5 Å². The third-order valence-corrected chi connectivity index (χ3v) is 2.82. The highest BCUT2D eigenvalue weighted by Gasteiger charge is 2.07. The highest BCUT2D eigenvalue weighted by molar-refractivity contribution is 5.65. The molecule has 0 aliphatic rings. The fraction of sp³-hybridized carbons (Fsp3) is 0.308. The van der Waals surface area contributed by atoms with Crippen molar-refractivity contribution in [1.29, 1.82) is 0 Å². The van der Waals surface area contributed by atoms with Gasteiger partial charge in [0.15, 0.2) is 0 Å². The number of methoxy groups -OCH3 is 1. The maximum Gasteiger partial charge on any atom is 0.121 e. The molecule has 4 nitrogen and oxygen atoms in total. The van der Waals surface area contributed by atoms with E-state index in [9.17, 15) is 0 Å². The van der Waals surface area contributed by atoms with Gasteiger partial charge in [-0.15, -0.1) is 0 Å². The summed E-state index contributed by atoms with van der Waals surface area (Å²) in [6.45, 7) is 2.12. The average molecular weight is 231 g/mol. The Morgan fingerprint density at radius 2 is 2.06 bits per heavy atom. The van der Waals surface area contributed by atoms with Gasteiger partial charge in [0.05, 0.1) is 12.8 Å². The van der Waals surface area contributed by atoms with E-state index >= 15 is 0 Å². The molecule has 0 atom stereocenters. The molecule has 2 aromatic rings. The van der Waals surface area contributed by atoms with Crippen LogP contribution in [0.4, 0.5) is 5.82 Å². The van der Waals surface area contributed by atoms with Crippen LogP contribution in [0.3, 0.4) is 0 Å². The number of nitrogens with zero attached hydrogens (tertiary/aromatic N) is 2. The first-order valence-corrected chi connectivity index (χ1v) is 5.62. The SMILES string of the molecule is CCc1cc(OC)cc(-c2cc(N)n(C)n2)c1. The third-order valence-electron chi connectivity index (χ3n) is 2.82. The Labute approximate surface area is 101 Å². The molecular formula is C13H17N3O. The molecule has 0 bridgehead atoms. The number of rotatable bonds is 3. The number of hydrogen-bond donors (Lipinski definition) is 1. The lowest BCUT2D eigenvalue weighted by molar-refractivity contribution is 0.414. The molecule has 0 aliphatic heterocycles. The number of aryl methyl sites for hydroxylation is 2. The summed E-state index contributed by atoms with van der Waals surface area (Å²) in [6, 6.07) is 8.00. The van der Waals surface area contributed by atoms with E-state index in [1.807, 2.05) is 25.2 Å². The largest absolute Gasteiger partial charge is 0.497 e. The van der Waals surface area contributed by atoms with Crippen LogP contribution in [0.5, 0.6) is 5.75 Å². The summed E-state index contributed by atoms with van der Waals surface area (Å²) in [6.07, 6.45) is 0.965. The quantitative estimate of drug-likeness (QED) is 0.881. The number of aromatic nitrogens is 2. The van der Waals surface area contributed by atoms with Crippen LogP contribution in [-0.2, 0) is 13.5 Å². The first-order valence-electron chi connectivity index (χ1n) is 5.62. The van der Waals surface area contributed by atoms with Gasteiger partial charge in [-0.3, -0.25) is 4.68 Å². The Bertz CT molecular complexity index is 490. The van der Waals surface area contributed by atoms with Crippen molar-refractivity contribution in [3.63, 3.8) is 0 Å². The summed E-state index contributed by atoms with van der Waals surface area (Å²) in [4.78, 5) is 0. The Hall–Kier alpha value is -1.97. The highest BCUT2D eigenvalue weighted by Crippen LogP contribution is 2.26. The maximum absolute atomic E-state index is 5.79. The zero-order valence-corrected chi connectivity index (χ0v) is 10.4. The lowest BCUT2D eigenvalue weighted by atomic mass is 10.1. The van der Waals surface area contributed by atoms with E-state index in [4.69, 9.17) is 10.5 Å². The molecule has 1 aromatic heterocycles. The molecule has 2 rings (SSSR count).